The van der Waals surface area contributed by atoms with Crippen LogP contribution in [0.15, 0.2) is 65.4 Å². The van der Waals surface area contributed by atoms with E-state index in [9.17, 15) is 4.79 Å². The van der Waals surface area contributed by atoms with Crippen molar-refractivity contribution in [2.75, 3.05) is 0 Å². The molecule has 1 unspecified atom stereocenters. The lowest BCUT2D eigenvalue weighted by molar-refractivity contribution is 0.229. The van der Waals surface area contributed by atoms with Crippen molar-refractivity contribution in [2.24, 2.45) is 10.9 Å². The summed E-state index contributed by atoms with van der Waals surface area (Å²) >= 11 is 0. The van der Waals surface area contributed by atoms with Crippen LogP contribution >= 0.6 is 0 Å². The van der Waals surface area contributed by atoms with Crippen molar-refractivity contribution in [3.63, 3.8) is 0 Å². The lowest BCUT2D eigenvalue weighted by Crippen LogP contribution is -2.52. The van der Waals surface area contributed by atoms with Crippen LogP contribution in [0.4, 0.5) is 10.5 Å². The fourth-order valence-corrected chi connectivity index (χ4v) is 3.21. The second kappa shape index (κ2) is 6.53. The van der Waals surface area contributed by atoms with E-state index in [1.807, 2.05) is 30.3 Å². The minimum Gasteiger partial charge on any atom is -0.245 e. The number of nitrogens with zero attached hydrogens (tertiary/aromatic N) is 4. The second-order valence-electron chi connectivity index (χ2n) is 6.29. The molecule has 1 aliphatic heterocycles. The third-order valence-corrected chi connectivity index (χ3v) is 4.32. The maximum absolute atomic E-state index is 13.5. The molecule has 1 amide bonds. The number of hydrogen-bond acceptors (Lipinski definition) is 3. The van der Waals surface area contributed by atoms with E-state index < -0.39 is 0 Å². The first-order valence-corrected chi connectivity index (χ1v) is 8.37. The van der Waals surface area contributed by atoms with Crippen LogP contribution in [-0.2, 0) is 0 Å². The first-order chi connectivity index (χ1) is 11.6. The molecule has 1 atom stereocenters. The van der Waals surface area contributed by atoms with Crippen LogP contribution in [0.25, 0.3) is 0 Å². The van der Waals surface area contributed by atoms with Crippen LogP contribution in [-0.4, -0.2) is 21.9 Å². The molecule has 0 bridgehead atoms. The average Bonchev–Trinajstić information content (AvgIpc) is 3.24. The van der Waals surface area contributed by atoms with E-state index >= 15 is 0 Å². The maximum atomic E-state index is 13.5. The summed E-state index contributed by atoms with van der Waals surface area (Å²) in [4.78, 5) is 22.2. The smallest absolute Gasteiger partial charge is 0.245 e. The summed E-state index contributed by atoms with van der Waals surface area (Å²) in [6, 6.07) is 9.77. The normalized spacial score (nSPS) is 20.2. The molecule has 1 aliphatic rings. The monoisotopic (exact) mass is 323 g/mol. The number of allylic oxidation sites excluding steroid dienone is 2. The van der Waals surface area contributed by atoms with Crippen molar-refractivity contribution in [1.82, 2.24) is 14.0 Å². The number of carbonyl (C=O) groups excluding carboxylic acids is 1. The zero-order chi connectivity index (χ0) is 17.2. The van der Waals surface area contributed by atoms with Gasteiger partial charge in [-0.2, -0.15) is 0 Å². The van der Waals surface area contributed by atoms with Gasteiger partial charge in [0.15, 0.2) is 11.4 Å². The SMILES string of the molecule is CCCC1=C(C(C)C)N=C[N+]1(C(=O)n1ccnc1)c1ccccc1. The van der Waals surface area contributed by atoms with Gasteiger partial charge in [-0.15, -0.1) is 4.48 Å². The molecule has 0 aliphatic carbocycles. The van der Waals surface area contributed by atoms with E-state index in [2.05, 4.69) is 30.7 Å². The molecule has 0 spiro atoms. The summed E-state index contributed by atoms with van der Waals surface area (Å²) < 4.78 is 1.55. The lowest BCUT2D eigenvalue weighted by Gasteiger charge is -2.29. The number of benzene rings is 1. The van der Waals surface area contributed by atoms with E-state index in [0.717, 1.165) is 29.9 Å². The number of aromatic nitrogens is 2. The third-order valence-electron chi connectivity index (χ3n) is 4.32. The number of hydrogen-bond donors (Lipinski definition) is 0. The molecule has 3 rings (SSSR count). The number of carbonyl (C=O) groups is 1. The standard InChI is InChI=1S/C19H23N4O/c1-4-8-17-18(15(2)3)21-14-23(17,16-9-6-5-7-10-16)19(24)22-12-11-20-13-22/h5-7,9-15H,4,8H2,1-3H3/q+1. The summed E-state index contributed by atoms with van der Waals surface area (Å²) in [5.74, 6) is 0.266. The van der Waals surface area contributed by atoms with Gasteiger partial charge >= 0.3 is 6.03 Å². The number of para-hydroxylation sites is 1. The molecule has 2 aromatic rings. The molecule has 0 fully saturated rings. The predicted molar refractivity (Wildman–Crippen MR) is 96.5 cm³/mol. The summed E-state index contributed by atoms with van der Waals surface area (Å²) in [5, 5.41) is 0. The number of rotatable bonds is 4. The van der Waals surface area contributed by atoms with Gasteiger partial charge in [0, 0.05) is 36.9 Å². The van der Waals surface area contributed by atoms with Gasteiger partial charge in [0.2, 0.25) is 6.34 Å². The molecule has 5 nitrogen and oxygen atoms in total. The van der Waals surface area contributed by atoms with Gasteiger partial charge in [-0.05, 0) is 6.42 Å². The first kappa shape index (κ1) is 16.3. The highest BCUT2D eigenvalue weighted by atomic mass is 16.2. The molecule has 1 aromatic carbocycles. The highest BCUT2D eigenvalue weighted by Crippen LogP contribution is 2.39. The third kappa shape index (κ3) is 2.51. The molecular formula is C19H23N4O+. The summed E-state index contributed by atoms with van der Waals surface area (Å²) in [7, 11) is 0. The molecule has 0 N–H and O–H groups in total. The van der Waals surface area contributed by atoms with Crippen molar-refractivity contribution in [3.05, 3.63) is 60.4 Å². The van der Waals surface area contributed by atoms with Crippen LogP contribution in [0.5, 0.6) is 0 Å². The molecule has 0 radical (unpaired) electrons. The van der Waals surface area contributed by atoms with Crippen molar-refractivity contribution in [3.8, 4) is 0 Å². The van der Waals surface area contributed by atoms with Gasteiger partial charge in [-0.25, -0.2) is 19.3 Å². The minimum atomic E-state index is -0.0819. The summed E-state index contributed by atoms with van der Waals surface area (Å²) in [6.07, 6.45) is 8.42. The van der Waals surface area contributed by atoms with Crippen LogP contribution < -0.4 is 4.48 Å². The molecule has 24 heavy (non-hydrogen) atoms. The van der Waals surface area contributed by atoms with E-state index in [1.165, 1.54) is 4.57 Å². The van der Waals surface area contributed by atoms with Crippen molar-refractivity contribution < 1.29 is 4.79 Å². The Labute approximate surface area is 142 Å². The van der Waals surface area contributed by atoms with Gasteiger partial charge in [-0.3, -0.25) is 0 Å². The highest BCUT2D eigenvalue weighted by molar-refractivity contribution is 6.06. The lowest BCUT2D eigenvalue weighted by atomic mass is 10.0. The summed E-state index contributed by atoms with van der Waals surface area (Å²) in [5.41, 5.74) is 2.96. The topological polar surface area (TPSA) is 47.2 Å². The molecule has 0 saturated carbocycles. The fourth-order valence-electron chi connectivity index (χ4n) is 3.21. The quantitative estimate of drug-likeness (QED) is 0.774. The van der Waals surface area contributed by atoms with Crippen LogP contribution in [0.3, 0.4) is 0 Å². The average molecular weight is 323 g/mol. The van der Waals surface area contributed by atoms with E-state index in [0.29, 0.717) is 0 Å². The van der Waals surface area contributed by atoms with Gasteiger partial charge in [0.25, 0.3) is 0 Å². The maximum Gasteiger partial charge on any atom is 0.444 e. The molecule has 2 heterocycles. The van der Waals surface area contributed by atoms with Crippen LogP contribution in [0, 0.1) is 5.92 Å². The van der Waals surface area contributed by atoms with E-state index in [4.69, 9.17) is 0 Å². The van der Waals surface area contributed by atoms with Gasteiger partial charge < -0.3 is 0 Å². The molecule has 124 valence electrons. The molecular weight excluding hydrogens is 300 g/mol. The Kier molecular flexibility index (Phi) is 4.44. The zero-order valence-electron chi connectivity index (χ0n) is 14.4. The van der Waals surface area contributed by atoms with E-state index in [1.54, 1.807) is 25.1 Å². The largest absolute Gasteiger partial charge is 0.444 e. The van der Waals surface area contributed by atoms with Gasteiger partial charge in [0.05, 0.1) is 0 Å². The summed E-state index contributed by atoms with van der Waals surface area (Å²) in [6.45, 7) is 6.37. The Morgan fingerprint density at radius 1 is 1.25 bits per heavy atom. The number of imidazole rings is 1. The zero-order valence-corrected chi connectivity index (χ0v) is 14.4. The predicted octanol–water partition coefficient (Wildman–Crippen LogP) is 4.57. The second-order valence-corrected chi connectivity index (χ2v) is 6.29. The van der Waals surface area contributed by atoms with Gasteiger partial charge in [0.1, 0.15) is 12.0 Å². The molecule has 1 aromatic heterocycles. The fraction of sp³-hybridized carbons (Fsp3) is 0.316. The number of amides is 1. The Bertz CT molecular complexity index is 775. The Balaban J connectivity index is 2.24. The van der Waals surface area contributed by atoms with Gasteiger partial charge in [-0.1, -0.05) is 39.0 Å². The minimum absolute atomic E-state index is 0.0125. The molecule has 0 saturated heterocycles. The van der Waals surface area contributed by atoms with Crippen LogP contribution in [0.2, 0.25) is 0 Å². The van der Waals surface area contributed by atoms with Crippen molar-refractivity contribution >= 4 is 18.1 Å². The number of quaternary nitrogens is 1. The molecule has 5 heteroatoms. The highest BCUT2D eigenvalue weighted by Gasteiger charge is 2.48. The Hall–Kier alpha value is -2.53. The van der Waals surface area contributed by atoms with Crippen LogP contribution in [0.1, 0.15) is 33.6 Å². The Morgan fingerprint density at radius 2 is 2.00 bits per heavy atom. The van der Waals surface area contributed by atoms with Crippen molar-refractivity contribution in [2.45, 2.75) is 33.6 Å². The number of aliphatic imine (C=N–C) groups is 1. The first-order valence-electron chi connectivity index (χ1n) is 8.37. The Morgan fingerprint density at radius 3 is 2.58 bits per heavy atom. The van der Waals surface area contributed by atoms with E-state index in [-0.39, 0.29) is 16.4 Å². The van der Waals surface area contributed by atoms with Crippen molar-refractivity contribution in [1.29, 1.82) is 0 Å².